The van der Waals surface area contributed by atoms with Crippen molar-refractivity contribution in [2.45, 2.75) is 59.9 Å². The van der Waals surface area contributed by atoms with Crippen LogP contribution in [0.25, 0.3) is 11.8 Å². The number of carbonyl (C=O) groups excluding carboxylic acids is 1. The Morgan fingerprint density at radius 1 is 1.09 bits per heavy atom. The van der Waals surface area contributed by atoms with Crippen LogP contribution >= 0.6 is 24.0 Å². The van der Waals surface area contributed by atoms with Crippen LogP contribution in [0, 0.1) is 31.1 Å². The van der Waals surface area contributed by atoms with E-state index in [1.807, 2.05) is 30.3 Å². The second-order valence-electron chi connectivity index (χ2n) is 11.3. The van der Waals surface area contributed by atoms with Gasteiger partial charge in [-0.15, -0.1) is 0 Å². The Kier molecular flexibility index (Phi) is 8.81. The predicted molar refractivity (Wildman–Crippen MR) is 177 cm³/mol. The lowest BCUT2D eigenvalue weighted by molar-refractivity contribution is -0.113. The van der Waals surface area contributed by atoms with Gasteiger partial charge in [0, 0.05) is 32.2 Å². The summed E-state index contributed by atoms with van der Waals surface area (Å²) in [5, 5.41) is 10.0. The highest BCUT2D eigenvalue weighted by molar-refractivity contribution is 8.27. The molecule has 0 unspecified atom stereocenters. The number of rotatable bonds is 7. The first kappa shape index (κ1) is 30.6. The van der Waals surface area contributed by atoms with E-state index in [-0.39, 0.29) is 26.7 Å². The quantitative estimate of drug-likeness (QED) is 0.264. The van der Waals surface area contributed by atoms with E-state index in [0.717, 1.165) is 56.4 Å². The highest BCUT2D eigenvalue weighted by Gasteiger charge is 2.38. The number of thioether (sulfide) groups is 1. The summed E-state index contributed by atoms with van der Waals surface area (Å²) in [5.74, 6) is 0.929. The van der Waals surface area contributed by atoms with E-state index in [2.05, 4.69) is 24.8 Å². The van der Waals surface area contributed by atoms with E-state index >= 15 is 0 Å². The van der Waals surface area contributed by atoms with Crippen molar-refractivity contribution in [2.75, 3.05) is 22.9 Å². The summed E-state index contributed by atoms with van der Waals surface area (Å²) in [6.07, 6.45) is 5.42. The van der Waals surface area contributed by atoms with E-state index in [1.165, 1.54) is 9.58 Å². The fourth-order valence-corrected chi connectivity index (χ4v) is 7.08. The molecule has 9 nitrogen and oxygen atoms in total. The van der Waals surface area contributed by atoms with Crippen LogP contribution in [-0.2, 0) is 18.4 Å². The minimum atomic E-state index is -0.400. The van der Waals surface area contributed by atoms with Crippen molar-refractivity contribution in [3.8, 4) is 11.8 Å². The number of aromatic nitrogens is 3. The smallest absolute Gasteiger partial charge is 0.296 e. The van der Waals surface area contributed by atoms with Crippen molar-refractivity contribution in [2.24, 2.45) is 13.0 Å². The Bertz CT molecular complexity index is 1790. The molecule has 2 aliphatic rings. The van der Waals surface area contributed by atoms with Gasteiger partial charge in [0.1, 0.15) is 23.1 Å². The second kappa shape index (κ2) is 12.4. The highest BCUT2D eigenvalue weighted by atomic mass is 32.2. The van der Waals surface area contributed by atoms with Gasteiger partial charge in [-0.1, -0.05) is 62.4 Å². The maximum atomic E-state index is 14.0. The predicted octanol–water partition coefficient (Wildman–Crippen LogP) is 5.27. The third kappa shape index (κ3) is 5.38. The van der Waals surface area contributed by atoms with Gasteiger partial charge in [-0.05, 0) is 62.8 Å². The molecule has 0 N–H and O–H groups in total. The minimum Gasteiger partial charge on any atom is -0.357 e. The number of hydrogen-bond donors (Lipinski definition) is 0. The maximum absolute atomic E-state index is 14.0. The number of anilines is 2. The summed E-state index contributed by atoms with van der Waals surface area (Å²) >= 11 is 6.82. The van der Waals surface area contributed by atoms with Crippen LogP contribution in [0.4, 0.5) is 11.5 Å². The molecule has 0 radical (unpaired) electrons. The summed E-state index contributed by atoms with van der Waals surface area (Å²) in [7, 11) is 1.78. The van der Waals surface area contributed by atoms with Crippen molar-refractivity contribution in [1.29, 1.82) is 5.26 Å². The highest BCUT2D eigenvalue weighted by Crippen LogP contribution is 2.39. The molecular formula is C32H36N6O3S2. The number of nitrogens with zero attached hydrogens (tertiary/aromatic N) is 6. The molecule has 0 atom stereocenters. The molecule has 2 saturated heterocycles. The van der Waals surface area contributed by atoms with Crippen molar-refractivity contribution in [3.63, 3.8) is 0 Å². The summed E-state index contributed by atoms with van der Waals surface area (Å²) in [5.41, 5.74) is 2.15. The molecule has 2 fully saturated rings. The van der Waals surface area contributed by atoms with Crippen LogP contribution in [0.1, 0.15) is 61.9 Å². The number of piperidine rings is 1. The standard InChI is InChI=1S/C32H36N6O3S2/c1-6-7-15-36-28(35-16-13-20(2)14-17-35)24(21(3)25(19-33)29(36)39)18-26-30(40)37(32(42)43-26)27-22(4)34(5)38(31(27)41)23-11-9-8-10-12-23/h8-12,18,20H,6-7,13-17H2,1-5H3/b26-18-. The molecule has 0 spiro atoms. The van der Waals surface area contributed by atoms with Crippen LogP contribution < -0.4 is 20.9 Å². The van der Waals surface area contributed by atoms with Gasteiger partial charge in [0.15, 0.2) is 4.32 Å². The third-order valence-electron chi connectivity index (χ3n) is 8.48. The lowest BCUT2D eigenvalue weighted by Gasteiger charge is -2.35. The number of para-hydroxylation sites is 1. The van der Waals surface area contributed by atoms with Gasteiger partial charge in [-0.3, -0.25) is 28.5 Å². The van der Waals surface area contributed by atoms with Crippen molar-refractivity contribution >= 4 is 51.8 Å². The normalized spacial score (nSPS) is 16.9. The lowest BCUT2D eigenvalue weighted by Crippen LogP contribution is -2.39. The summed E-state index contributed by atoms with van der Waals surface area (Å²) < 4.78 is 5.22. The van der Waals surface area contributed by atoms with Crippen LogP contribution in [0.5, 0.6) is 0 Å². The molecule has 2 aliphatic heterocycles. The number of thiocarbonyl (C=S) groups is 1. The Hall–Kier alpha value is -3.88. The molecule has 1 aromatic carbocycles. The molecule has 3 aromatic rings. The molecule has 1 amide bonds. The number of benzene rings is 1. The van der Waals surface area contributed by atoms with Crippen LogP contribution in [0.3, 0.4) is 0 Å². The maximum Gasteiger partial charge on any atom is 0.296 e. The Labute approximate surface area is 261 Å². The van der Waals surface area contributed by atoms with E-state index in [4.69, 9.17) is 12.2 Å². The zero-order valence-corrected chi connectivity index (χ0v) is 26.8. The lowest BCUT2D eigenvalue weighted by atomic mass is 9.97. The monoisotopic (exact) mass is 616 g/mol. The SMILES string of the molecule is CCCCn1c(N2CCC(C)CC2)c(/C=C2\SC(=S)N(c3c(C)n(C)n(-c4ccccc4)c3=O)C2=O)c(C)c(C#N)c1=O. The van der Waals surface area contributed by atoms with Crippen molar-refractivity contribution in [1.82, 2.24) is 13.9 Å². The average molecular weight is 617 g/mol. The number of nitriles is 1. The summed E-state index contributed by atoms with van der Waals surface area (Å²) in [6, 6.07) is 11.4. The first-order chi connectivity index (χ1) is 20.6. The van der Waals surface area contributed by atoms with Gasteiger partial charge in [-0.2, -0.15) is 5.26 Å². The van der Waals surface area contributed by atoms with Gasteiger partial charge in [0.05, 0.1) is 16.3 Å². The molecule has 0 saturated carbocycles. The Morgan fingerprint density at radius 2 is 1.77 bits per heavy atom. The zero-order valence-electron chi connectivity index (χ0n) is 25.2. The minimum absolute atomic E-state index is 0.0802. The molecule has 2 aromatic heterocycles. The first-order valence-electron chi connectivity index (χ1n) is 14.6. The van der Waals surface area contributed by atoms with E-state index in [9.17, 15) is 19.6 Å². The largest absolute Gasteiger partial charge is 0.357 e. The third-order valence-corrected chi connectivity index (χ3v) is 9.78. The molecular weight excluding hydrogens is 581 g/mol. The molecule has 5 rings (SSSR count). The summed E-state index contributed by atoms with van der Waals surface area (Å²) in [6.45, 7) is 9.90. The van der Waals surface area contributed by atoms with Crippen LogP contribution in [0.15, 0.2) is 44.8 Å². The number of amides is 1. The fourth-order valence-electron chi connectivity index (χ4n) is 5.83. The number of pyridine rings is 1. The number of hydrogen-bond acceptors (Lipinski definition) is 7. The molecule has 224 valence electrons. The van der Waals surface area contributed by atoms with E-state index in [0.29, 0.717) is 39.9 Å². The molecule has 0 bridgehead atoms. The van der Waals surface area contributed by atoms with Gasteiger partial charge >= 0.3 is 0 Å². The van der Waals surface area contributed by atoms with Gasteiger partial charge < -0.3 is 4.90 Å². The Balaban J connectivity index is 1.66. The molecule has 43 heavy (non-hydrogen) atoms. The van der Waals surface area contributed by atoms with Gasteiger partial charge in [0.2, 0.25) is 0 Å². The van der Waals surface area contributed by atoms with Crippen LogP contribution in [-0.4, -0.2) is 37.2 Å². The first-order valence-corrected chi connectivity index (χ1v) is 15.9. The van der Waals surface area contributed by atoms with Crippen molar-refractivity contribution < 1.29 is 4.79 Å². The Morgan fingerprint density at radius 3 is 2.40 bits per heavy atom. The molecule has 0 aliphatic carbocycles. The van der Waals surface area contributed by atoms with E-state index in [1.54, 1.807) is 36.2 Å². The average Bonchev–Trinajstić information content (AvgIpc) is 3.39. The summed E-state index contributed by atoms with van der Waals surface area (Å²) in [4.78, 5) is 45.2. The van der Waals surface area contributed by atoms with Gasteiger partial charge in [0.25, 0.3) is 17.0 Å². The van der Waals surface area contributed by atoms with Gasteiger partial charge in [-0.25, -0.2) is 4.68 Å². The topological polar surface area (TPSA) is 96.3 Å². The molecule has 11 heteroatoms. The number of unbranched alkanes of at least 4 members (excludes halogenated alkanes) is 1. The van der Waals surface area contributed by atoms with Crippen molar-refractivity contribution in [3.05, 3.63) is 78.3 Å². The molecule has 4 heterocycles. The second-order valence-corrected chi connectivity index (χ2v) is 12.9. The van der Waals surface area contributed by atoms with Crippen LogP contribution in [0.2, 0.25) is 0 Å². The number of carbonyl (C=O) groups is 1. The zero-order chi connectivity index (χ0) is 31.0. The fraction of sp³-hybridized carbons (Fsp3) is 0.406. The van der Waals surface area contributed by atoms with E-state index < -0.39 is 5.91 Å².